The molecule has 0 spiro atoms. The molecule has 1 fully saturated rings. The Balaban J connectivity index is 1.16. The van der Waals surface area contributed by atoms with Gasteiger partial charge in [0.2, 0.25) is 29.5 Å². The summed E-state index contributed by atoms with van der Waals surface area (Å²) in [5, 5.41) is 38.3. The van der Waals surface area contributed by atoms with Gasteiger partial charge in [-0.25, -0.2) is 9.78 Å². The molecule has 1 saturated heterocycles. The maximum absolute atomic E-state index is 14.0. The number of nitrogens with zero attached hydrogens (tertiary/aromatic N) is 3. The van der Waals surface area contributed by atoms with Crippen molar-refractivity contribution in [1.29, 1.82) is 0 Å². The van der Waals surface area contributed by atoms with E-state index in [-0.39, 0.29) is 73.9 Å². The molecule has 0 radical (unpaired) electrons. The van der Waals surface area contributed by atoms with Crippen molar-refractivity contribution in [1.82, 2.24) is 47.5 Å². The zero-order chi connectivity index (χ0) is 53.6. The number of carbonyl (C=O) groups is 8. The number of hydrogen-bond donors (Lipinski definition) is 10. The van der Waals surface area contributed by atoms with Crippen LogP contribution >= 0.6 is 0 Å². The molecule has 394 valence electrons. The van der Waals surface area contributed by atoms with Crippen LogP contribution in [0.15, 0.2) is 112 Å². The number of amides is 8. The lowest BCUT2D eigenvalue weighted by atomic mass is 9.99. The smallest absolute Gasteiger partial charge is 0.315 e. The van der Waals surface area contributed by atoms with Gasteiger partial charge in [0.1, 0.15) is 29.9 Å². The number of benzene rings is 3. The number of carboxylic acids is 1. The van der Waals surface area contributed by atoms with E-state index in [2.05, 4.69) is 57.7 Å². The number of nitrogens with one attached hydrogen (secondary N) is 8. The third-order valence-corrected chi connectivity index (χ3v) is 12.1. The molecule has 24 nitrogen and oxygen atoms in total. The lowest BCUT2D eigenvalue weighted by Gasteiger charge is -2.27. The number of pyridine rings is 1. The molecule has 1 aliphatic rings. The summed E-state index contributed by atoms with van der Waals surface area (Å²) in [6, 6.07) is 18.5. The van der Waals surface area contributed by atoms with Crippen LogP contribution in [0.3, 0.4) is 0 Å². The van der Waals surface area contributed by atoms with Gasteiger partial charge in [0.05, 0.1) is 36.6 Å². The Morgan fingerprint density at radius 1 is 0.757 bits per heavy atom. The van der Waals surface area contributed by atoms with E-state index in [1.165, 1.54) is 36.5 Å². The van der Waals surface area contributed by atoms with Gasteiger partial charge in [-0.05, 0) is 72.2 Å². The molecule has 10 N–H and O–H groups in total. The van der Waals surface area contributed by atoms with Crippen molar-refractivity contribution in [2.45, 2.75) is 88.1 Å². The normalized spacial score (nSPS) is 17.9. The number of hydrogen-bond acceptors (Lipinski definition) is 14. The Labute approximate surface area is 426 Å². The first kappa shape index (κ1) is 56.6. The fraction of sp³-hybridized carbons (Fsp3) is 0.367. The van der Waals surface area contributed by atoms with E-state index in [1.807, 2.05) is 30.3 Å². The predicted molar refractivity (Wildman–Crippen MR) is 265 cm³/mol. The highest BCUT2D eigenvalue weighted by Crippen LogP contribution is 2.18. The molecule has 5 rings (SSSR count). The molecule has 0 saturated carbocycles. The summed E-state index contributed by atoms with van der Waals surface area (Å²) in [6.45, 7) is 3.33. The Morgan fingerprint density at radius 3 is 2.14 bits per heavy atom. The van der Waals surface area contributed by atoms with Crippen LogP contribution in [-0.2, 0) is 58.4 Å². The predicted octanol–water partition coefficient (Wildman–Crippen LogP) is 1.83. The quantitative estimate of drug-likeness (QED) is 0.0324. The van der Waals surface area contributed by atoms with Crippen LogP contribution < -0.4 is 47.3 Å². The van der Waals surface area contributed by atoms with E-state index in [9.17, 15) is 56.4 Å². The summed E-state index contributed by atoms with van der Waals surface area (Å²) in [7, 11) is -4.44. The number of ether oxygens (including phenoxy) is 1. The van der Waals surface area contributed by atoms with E-state index in [0.29, 0.717) is 17.7 Å². The number of aliphatic carboxylic acids is 1. The lowest BCUT2D eigenvalue weighted by Crippen LogP contribution is -2.59. The van der Waals surface area contributed by atoms with E-state index >= 15 is 0 Å². The summed E-state index contributed by atoms with van der Waals surface area (Å²) in [6.07, 6.45) is 0.917. The Morgan fingerprint density at radius 2 is 1.45 bits per heavy atom. The molecule has 1 aliphatic heterocycles. The molecule has 8 amide bonds. The van der Waals surface area contributed by atoms with Gasteiger partial charge in [0.15, 0.2) is 5.82 Å². The topological polar surface area (TPSA) is 354 Å². The Bertz CT molecular complexity index is 2750. The number of carboxylic acid groups (broad SMARTS) is 1. The highest BCUT2D eigenvalue weighted by atomic mass is 32.2. The Hall–Kier alpha value is -8.32. The fourth-order valence-corrected chi connectivity index (χ4v) is 7.96. The monoisotopic (exact) mass is 1040 g/mol. The van der Waals surface area contributed by atoms with Crippen LogP contribution in [-0.4, -0.2) is 121 Å². The maximum atomic E-state index is 14.0. The van der Waals surface area contributed by atoms with Crippen molar-refractivity contribution in [3.63, 3.8) is 0 Å². The molecule has 0 aliphatic carbocycles. The first-order chi connectivity index (χ1) is 35.4. The molecule has 0 bridgehead atoms. The third kappa shape index (κ3) is 18.7. The van der Waals surface area contributed by atoms with Gasteiger partial charge >= 0.3 is 12.0 Å². The van der Waals surface area contributed by atoms with Gasteiger partial charge in [0, 0.05) is 32.3 Å². The van der Waals surface area contributed by atoms with Crippen LogP contribution in [0.2, 0.25) is 0 Å². The van der Waals surface area contributed by atoms with Crippen LogP contribution in [0.5, 0.6) is 5.75 Å². The molecule has 25 heteroatoms. The summed E-state index contributed by atoms with van der Waals surface area (Å²) >= 11 is 0. The number of carbonyl (C=O) groups excluding carboxylic acids is 7. The summed E-state index contributed by atoms with van der Waals surface area (Å²) in [5.74, 6) is -6.01. The fourth-order valence-electron chi connectivity index (χ4n) is 7.24. The molecular weight excluding hydrogens is 983 g/mol. The molecule has 3 aromatic carbocycles. The van der Waals surface area contributed by atoms with Crippen molar-refractivity contribution in [2.75, 3.05) is 26.2 Å². The minimum absolute atomic E-state index is 0.00770. The van der Waals surface area contributed by atoms with Crippen LogP contribution in [0.1, 0.15) is 66.6 Å². The molecule has 1 aromatic heterocycles. The summed E-state index contributed by atoms with van der Waals surface area (Å²) < 4.78 is 38.5. The second kappa shape index (κ2) is 28.1. The van der Waals surface area contributed by atoms with E-state index in [0.717, 1.165) is 5.56 Å². The number of aromatic nitrogens is 1. The van der Waals surface area contributed by atoms with Crippen LogP contribution in [0.4, 0.5) is 10.6 Å². The van der Waals surface area contributed by atoms with Gasteiger partial charge in [-0.1, -0.05) is 74.5 Å². The summed E-state index contributed by atoms with van der Waals surface area (Å²) in [4.78, 5) is 109. The molecule has 2 heterocycles. The second-order valence-corrected chi connectivity index (χ2v) is 18.6. The third-order valence-electron chi connectivity index (χ3n) is 11.1. The minimum atomic E-state index is -4.44. The summed E-state index contributed by atoms with van der Waals surface area (Å²) in [5.41, 5.74) is 1.90. The van der Waals surface area contributed by atoms with Crippen molar-refractivity contribution >= 4 is 63.4 Å². The standard InChI is InChI=1S/C49H59N11O13S/c1-30(2)43-48(68)58-37(47(67)57-38(25-42(62)63)45(65)53-29-41(61)56-36(46(66)59-43)13-8-21-51-49(69)54-26-32-10-4-3-5-11-32)24-31-15-18-35(19-16-31)73-23-9-22-50-44(64)34-17-20-40(52-27-34)60-55-28-33-12-6-7-14-39(33)74(70,71)72/h3-7,10-12,14-20,27,30,36-38,43H,8-9,13,21-26,28-29H2,1-2H3,(H,50,64)(H,53,65)(H,56,61)(H,57,67)(H,58,68)(H,59,66)(H,62,63)(H2,51,54,69)(H,70,71,72)/t36?,37-,38-,43-/m1/s1. The Kier molecular flexibility index (Phi) is 21.5. The van der Waals surface area contributed by atoms with Gasteiger partial charge in [-0.15, -0.1) is 5.11 Å². The molecule has 74 heavy (non-hydrogen) atoms. The van der Waals surface area contributed by atoms with Gasteiger partial charge in [0.25, 0.3) is 16.0 Å². The van der Waals surface area contributed by atoms with E-state index in [1.54, 1.807) is 44.2 Å². The number of urea groups is 1. The van der Waals surface area contributed by atoms with E-state index < -0.39 is 101 Å². The molecule has 4 aromatic rings. The average molecular weight is 1040 g/mol. The van der Waals surface area contributed by atoms with Crippen molar-refractivity contribution in [3.8, 4) is 5.75 Å². The van der Waals surface area contributed by atoms with Crippen molar-refractivity contribution in [3.05, 3.63) is 119 Å². The zero-order valence-corrected chi connectivity index (χ0v) is 41.4. The molecule has 4 atom stereocenters. The van der Waals surface area contributed by atoms with Crippen LogP contribution in [0.25, 0.3) is 0 Å². The van der Waals surface area contributed by atoms with Gasteiger partial charge in [-0.2, -0.15) is 13.5 Å². The molecular formula is C49H59N11O13S. The molecule has 1 unspecified atom stereocenters. The van der Waals surface area contributed by atoms with Crippen molar-refractivity contribution in [2.24, 2.45) is 16.1 Å². The lowest BCUT2D eigenvalue weighted by molar-refractivity contribution is -0.141. The largest absolute Gasteiger partial charge is 0.494 e. The maximum Gasteiger partial charge on any atom is 0.315 e. The van der Waals surface area contributed by atoms with Gasteiger partial charge < -0.3 is 52.4 Å². The average Bonchev–Trinajstić information content (AvgIpc) is 3.37. The highest BCUT2D eigenvalue weighted by molar-refractivity contribution is 7.85. The zero-order valence-electron chi connectivity index (χ0n) is 40.5. The first-order valence-corrected chi connectivity index (χ1v) is 24.9. The number of azo groups is 1. The van der Waals surface area contributed by atoms with Gasteiger partial charge in [-0.3, -0.25) is 38.1 Å². The van der Waals surface area contributed by atoms with Crippen molar-refractivity contribution < 1.29 is 61.2 Å². The van der Waals surface area contributed by atoms with E-state index in [4.69, 9.17) is 4.74 Å². The van der Waals surface area contributed by atoms with Crippen LogP contribution in [0, 0.1) is 5.92 Å². The first-order valence-electron chi connectivity index (χ1n) is 23.5. The minimum Gasteiger partial charge on any atom is -0.494 e. The highest BCUT2D eigenvalue weighted by Gasteiger charge is 2.34. The SMILES string of the molecule is CC(C)[C@H]1NC(=O)C(CCCNC(=O)NCc2ccccc2)NC(=O)CNC(=O)[C@@H](CC(=O)O)NC(=O)[C@@H](Cc2ccc(OCCCNC(=O)c3ccc(N=NCc4ccccc4S(=O)(=O)O)nc3)cc2)NC1=O. The number of rotatable bonds is 21. The second-order valence-electron chi connectivity index (χ2n) is 17.2.